The zero-order valence-electron chi connectivity index (χ0n) is 18.3. The summed E-state index contributed by atoms with van der Waals surface area (Å²) in [6.07, 6.45) is -6.07. The molecule has 0 saturated carbocycles. The summed E-state index contributed by atoms with van der Waals surface area (Å²) in [5.74, 6) is -3.29. The lowest BCUT2D eigenvalue weighted by Crippen LogP contribution is -2.43. The average molecular weight is 527 g/mol. The third-order valence-electron chi connectivity index (χ3n) is 5.57. The number of nitrogens with zero attached hydrogens (tertiary/aromatic N) is 1. The first kappa shape index (κ1) is 25.4. The highest BCUT2D eigenvalue weighted by atomic mass is 32.2. The number of anilines is 1. The van der Waals surface area contributed by atoms with Gasteiger partial charge < -0.3 is 9.84 Å². The molecule has 12 heteroatoms. The van der Waals surface area contributed by atoms with Crippen molar-refractivity contribution in [3.05, 3.63) is 77.9 Å². The van der Waals surface area contributed by atoms with E-state index >= 15 is 0 Å². The standard InChI is InChI=1S/C24H18F5NO5S/c25-19-7-4-14(10-20(19)26)15-5-8-22-21(11-15)30(13-17(35-22)6-9-23(31)32)36(33,34)18-3-1-2-16(12-18)24(27,28)29/h1-5,7-8,10-12,17H,6,9,13H2,(H,31,32)/t17-/m0/s1. The fraction of sp³-hybridized carbons (Fsp3) is 0.208. The van der Waals surface area contributed by atoms with Gasteiger partial charge in [-0.1, -0.05) is 18.2 Å². The SMILES string of the molecule is O=C(O)CC[C@H]1CN(S(=O)(=O)c2cccc(C(F)(F)F)c2)c2cc(-c3ccc(F)c(F)c3)ccc2O1. The van der Waals surface area contributed by atoms with Crippen LogP contribution in [0.15, 0.2) is 65.6 Å². The minimum Gasteiger partial charge on any atom is -0.486 e. The van der Waals surface area contributed by atoms with Crippen LogP contribution in [-0.4, -0.2) is 32.1 Å². The number of hydrogen-bond acceptors (Lipinski definition) is 4. The Labute approximate surface area is 202 Å². The number of aliphatic carboxylic acids is 1. The van der Waals surface area contributed by atoms with Gasteiger partial charge in [-0.25, -0.2) is 17.2 Å². The number of sulfonamides is 1. The van der Waals surface area contributed by atoms with Gasteiger partial charge in [0.1, 0.15) is 11.9 Å². The summed E-state index contributed by atoms with van der Waals surface area (Å²) in [6.45, 7) is -0.375. The van der Waals surface area contributed by atoms with E-state index in [-0.39, 0.29) is 36.4 Å². The van der Waals surface area contributed by atoms with Crippen LogP contribution in [-0.2, 0) is 21.0 Å². The summed E-state index contributed by atoms with van der Waals surface area (Å²) >= 11 is 0. The van der Waals surface area contributed by atoms with E-state index < -0.39 is 50.4 Å². The number of halogens is 5. The third kappa shape index (κ3) is 5.13. The van der Waals surface area contributed by atoms with Crippen LogP contribution in [0.2, 0.25) is 0 Å². The zero-order chi connectivity index (χ0) is 26.3. The molecule has 0 saturated heterocycles. The molecule has 0 bridgehead atoms. The summed E-state index contributed by atoms with van der Waals surface area (Å²) in [5.41, 5.74) is -0.679. The lowest BCUT2D eigenvalue weighted by atomic mass is 10.0. The number of rotatable bonds is 6. The number of hydrogen-bond donors (Lipinski definition) is 1. The Morgan fingerprint density at radius 1 is 1.00 bits per heavy atom. The van der Waals surface area contributed by atoms with E-state index in [0.717, 1.165) is 34.6 Å². The van der Waals surface area contributed by atoms with Crippen LogP contribution >= 0.6 is 0 Å². The van der Waals surface area contributed by atoms with Crippen molar-refractivity contribution in [3.63, 3.8) is 0 Å². The van der Waals surface area contributed by atoms with E-state index in [0.29, 0.717) is 11.6 Å². The summed E-state index contributed by atoms with van der Waals surface area (Å²) in [6, 6.07) is 10.5. The number of carbonyl (C=O) groups is 1. The van der Waals surface area contributed by atoms with Crippen molar-refractivity contribution in [3.8, 4) is 16.9 Å². The normalized spacial score (nSPS) is 15.8. The monoisotopic (exact) mass is 527 g/mol. The van der Waals surface area contributed by atoms with Gasteiger partial charge in [-0.15, -0.1) is 0 Å². The molecule has 0 radical (unpaired) electrons. The fourth-order valence-corrected chi connectivity index (χ4v) is 5.33. The molecule has 1 heterocycles. The van der Waals surface area contributed by atoms with Gasteiger partial charge in [-0.3, -0.25) is 9.10 Å². The summed E-state index contributed by atoms with van der Waals surface area (Å²) in [4.78, 5) is 10.4. The minimum atomic E-state index is -4.78. The van der Waals surface area contributed by atoms with Crippen molar-refractivity contribution in [2.45, 2.75) is 30.0 Å². The van der Waals surface area contributed by atoms with Crippen LogP contribution in [0.1, 0.15) is 18.4 Å². The van der Waals surface area contributed by atoms with Crippen LogP contribution in [0.4, 0.5) is 27.6 Å². The van der Waals surface area contributed by atoms with Crippen molar-refractivity contribution in [2.75, 3.05) is 10.8 Å². The van der Waals surface area contributed by atoms with Gasteiger partial charge in [0.15, 0.2) is 11.6 Å². The smallest absolute Gasteiger partial charge is 0.416 e. The van der Waals surface area contributed by atoms with Gasteiger partial charge in [-0.05, 0) is 60.0 Å². The lowest BCUT2D eigenvalue weighted by Gasteiger charge is -2.35. The van der Waals surface area contributed by atoms with E-state index in [2.05, 4.69) is 0 Å². The largest absolute Gasteiger partial charge is 0.486 e. The average Bonchev–Trinajstić information content (AvgIpc) is 2.83. The van der Waals surface area contributed by atoms with Crippen LogP contribution in [0, 0.1) is 11.6 Å². The minimum absolute atomic E-state index is 0.0403. The van der Waals surface area contributed by atoms with Gasteiger partial charge in [-0.2, -0.15) is 13.2 Å². The molecule has 1 aliphatic heterocycles. The quantitative estimate of drug-likeness (QED) is 0.430. The first-order valence-corrected chi connectivity index (χ1v) is 12.0. The Morgan fingerprint density at radius 2 is 1.69 bits per heavy atom. The predicted molar refractivity (Wildman–Crippen MR) is 119 cm³/mol. The molecule has 0 spiro atoms. The van der Waals surface area contributed by atoms with Crippen molar-refractivity contribution < 1.29 is 45.0 Å². The molecule has 0 aliphatic carbocycles. The molecule has 1 aliphatic rings. The first-order chi connectivity index (χ1) is 16.9. The molecule has 6 nitrogen and oxygen atoms in total. The number of ether oxygens (including phenoxy) is 1. The number of alkyl halides is 3. The predicted octanol–water partition coefficient (Wildman–Crippen LogP) is 5.47. The van der Waals surface area contributed by atoms with E-state index in [1.807, 2.05) is 0 Å². The Balaban J connectivity index is 1.81. The van der Waals surface area contributed by atoms with Gasteiger partial charge in [0.05, 0.1) is 22.7 Å². The molecule has 4 rings (SSSR count). The van der Waals surface area contributed by atoms with Gasteiger partial charge in [0, 0.05) is 6.42 Å². The summed E-state index contributed by atoms with van der Waals surface area (Å²) in [5, 5.41) is 9.00. The Bertz CT molecular complexity index is 1420. The number of carboxylic acids is 1. The van der Waals surface area contributed by atoms with Crippen molar-refractivity contribution in [1.29, 1.82) is 0 Å². The first-order valence-electron chi connectivity index (χ1n) is 10.5. The molecule has 1 atom stereocenters. The molecule has 0 amide bonds. The Hall–Kier alpha value is -3.67. The summed E-state index contributed by atoms with van der Waals surface area (Å²) in [7, 11) is -4.57. The van der Waals surface area contributed by atoms with Crippen molar-refractivity contribution >= 4 is 21.7 Å². The molecule has 0 aromatic heterocycles. The molecule has 1 N–H and O–H groups in total. The molecule has 36 heavy (non-hydrogen) atoms. The van der Waals surface area contributed by atoms with E-state index in [1.54, 1.807) is 0 Å². The van der Waals surface area contributed by atoms with Gasteiger partial charge >= 0.3 is 12.1 Å². The van der Waals surface area contributed by atoms with E-state index in [4.69, 9.17) is 9.84 Å². The Kier molecular flexibility index (Phi) is 6.65. The second-order valence-corrected chi connectivity index (χ2v) is 9.91. The maximum absolute atomic E-state index is 13.8. The Morgan fingerprint density at radius 3 is 2.36 bits per heavy atom. The molecule has 0 fully saturated rings. The second kappa shape index (κ2) is 9.41. The highest BCUT2D eigenvalue weighted by molar-refractivity contribution is 7.92. The fourth-order valence-electron chi connectivity index (χ4n) is 3.79. The number of benzene rings is 3. The van der Waals surface area contributed by atoms with Crippen molar-refractivity contribution in [1.82, 2.24) is 0 Å². The maximum Gasteiger partial charge on any atom is 0.416 e. The van der Waals surface area contributed by atoms with Gasteiger partial charge in [0.25, 0.3) is 10.0 Å². The van der Waals surface area contributed by atoms with Gasteiger partial charge in [0.2, 0.25) is 0 Å². The van der Waals surface area contributed by atoms with Crippen LogP contribution in [0.3, 0.4) is 0 Å². The third-order valence-corrected chi connectivity index (χ3v) is 7.35. The highest BCUT2D eigenvalue weighted by Gasteiger charge is 2.37. The number of carboxylic acid groups (broad SMARTS) is 1. The second-order valence-electron chi connectivity index (χ2n) is 8.05. The topological polar surface area (TPSA) is 83.9 Å². The lowest BCUT2D eigenvalue weighted by molar-refractivity contribution is -0.138. The maximum atomic E-state index is 13.8. The summed E-state index contributed by atoms with van der Waals surface area (Å²) < 4.78 is 101. The number of fused-ring (bicyclic) bond motifs is 1. The van der Waals surface area contributed by atoms with Crippen molar-refractivity contribution in [2.24, 2.45) is 0 Å². The molecular weight excluding hydrogens is 509 g/mol. The van der Waals surface area contributed by atoms with Crippen LogP contribution in [0.25, 0.3) is 11.1 Å². The molecule has 3 aromatic carbocycles. The molecule has 190 valence electrons. The highest BCUT2D eigenvalue weighted by Crippen LogP contribution is 2.41. The van der Waals surface area contributed by atoms with Crippen LogP contribution < -0.4 is 9.04 Å². The molecular formula is C24H18F5NO5S. The molecule has 3 aromatic rings. The van der Waals surface area contributed by atoms with E-state index in [1.165, 1.54) is 24.3 Å². The van der Waals surface area contributed by atoms with E-state index in [9.17, 15) is 35.2 Å². The molecule has 0 unspecified atom stereocenters. The zero-order valence-corrected chi connectivity index (χ0v) is 19.1. The van der Waals surface area contributed by atoms with Crippen LogP contribution in [0.5, 0.6) is 5.75 Å².